The van der Waals surface area contributed by atoms with E-state index in [1.807, 2.05) is 45.0 Å². The molecule has 2 aromatic carbocycles. The topological polar surface area (TPSA) is 0 Å². The van der Waals surface area contributed by atoms with Crippen molar-refractivity contribution in [2.24, 2.45) is 0 Å². The summed E-state index contributed by atoms with van der Waals surface area (Å²) >= 11 is 0. The first kappa shape index (κ1) is 13.4. The molecule has 2 aromatic rings. The molecule has 0 radical (unpaired) electrons. The third-order valence-corrected chi connectivity index (χ3v) is 2.29. The summed E-state index contributed by atoms with van der Waals surface area (Å²) in [5.41, 5.74) is 2.30. The van der Waals surface area contributed by atoms with Gasteiger partial charge < -0.3 is 0 Å². The third-order valence-electron chi connectivity index (χ3n) is 2.29. The lowest BCUT2D eigenvalue weighted by Crippen LogP contribution is -1.86. The molecule has 90 valence electrons. The van der Waals surface area contributed by atoms with Gasteiger partial charge in [0, 0.05) is 11.6 Å². The summed E-state index contributed by atoms with van der Waals surface area (Å²) in [7, 11) is 0. The van der Waals surface area contributed by atoms with E-state index in [4.69, 9.17) is 0 Å². The smallest absolute Gasteiger partial charge is 0.133 e. The lowest BCUT2D eigenvalue weighted by molar-refractivity contribution is 0.585. The van der Waals surface area contributed by atoms with E-state index in [1.165, 1.54) is 12.1 Å². The zero-order valence-electron chi connectivity index (χ0n) is 10.3. The summed E-state index contributed by atoms with van der Waals surface area (Å²) in [4.78, 5) is 0. The number of benzene rings is 2. The zero-order chi connectivity index (χ0) is 12.8. The van der Waals surface area contributed by atoms with E-state index >= 15 is 0 Å². The number of aryl methyl sites for hydroxylation is 1. The van der Waals surface area contributed by atoms with Crippen molar-refractivity contribution in [2.45, 2.75) is 20.8 Å². The predicted molar refractivity (Wildman–Crippen MR) is 67.9 cm³/mol. The Hall–Kier alpha value is -1.70. The van der Waals surface area contributed by atoms with Crippen molar-refractivity contribution in [3.63, 3.8) is 0 Å². The third kappa shape index (κ3) is 3.38. The first-order chi connectivity index (χ1) is 8.16. The quantitative estimate of drug-likeness (QED) is 0.653. The van der Waals surface area contributed by atoms with Gasteiger partial charge >= 0.3 is 0 Å². The fraction of sp³-hybridized carbons (Fsp3) is 0.200. The Balaban J connectivity index is 0.000000686. The van der Waals surface area contributed by atoms with Gasteiger partial charge in [-0.3, -0.25) is 0 Å². The Morgan fingerprint density at radius 2 is 1.41 bits per heavy atom. The molecule has 2 heteroatoms. The number of rotatable bonds is 1. The average Bonchev–Trinajstić information content (AvgIpc) is 2.33. The van der Waals surface area contributed by atoms with Gasteiger partial charge in [-0.2, -0.15) is 0 Å². The van der Waals surface area contributed by atoms with Gasteiger partial charge in [-0.05, 0) is 24.6 Å². The van der Waals surface area contributed by atoms with E-state index in [1.54, 1.807) is 0 Å². The van der Waals surface area contributed by atoms with Crippen molar-refractivity contribution in [3.05, 3.63) is 59.7 Å². The van der Waals surface area contributed by atoms with Gasteiger partial charge in [-0.25, -0.2) is 8.78 Å². The van der Waals surface area contributed by atoms with E-state index in [-0.39, 0.29) is 0 Å². The molecule has 0 nitrogen and oxygen atoms in total. The van der Waals surface area contributed by atoms with Crippen molar-refractivity contribution < 1.29 is 8.78 Å². The summed E-state index contributed by atoms with van der Waals surface area (Å²) in [6, 6.07) is 11.1. The summed E-state index contributed by atoms with van der Waals surface area (Å²) < 4.78 is 26.1. The monoisotopic (exact) mass is 234 g/mol. The van der Waals surface area contributed by atoms with Crippen molar-refractivity contribution in [3.8, 4) is 11.1 Å². The normalized spacial score (nSPS) is 9.47. The number of hydrogen-bond donors (Lipinski definition) is 0. The van der Waals surface area contributed by atoms with Crippen LogP contribution >= 0.6 is 0 Å². The molecule has 17 heavy (non-hydrogen) atoms. The van der Waals surface area contributed by atoms with E-state index in [0.29, 0.717) is 5.56 Å². The van der Waals surface area contributed by atoms with Gasteiger partial charge in [0.15, 0.2) is 0 Å². The van der Waals surface area contributed by atoms with Crippen molar-refractivity contribution in [2.75, 3.05) is 0 Å². The van der Waals surface area contributed by atoms with Crippen molar-refractivity contribution in [1.82, 2.24) is 0 Å². The van der Waals surface area contributed by atoms with E-state index in [9.17, 15) is 8.78 Å². The maximum atomic E-state index is 13.4. The van der Waals surface area contributed by atoms with Gasteiger partial charge in [0.1, 0.15) is 11.6 Å². The largest absolute Gasteiger partial charge is 0.207 e. The van der Waals surface area contributed by atoms with Crippen molar-refractivity contribution >= 4 is 0 Å². The van der Waals surface area contributed by atoms with Gasteiger partial charge in [0.05, 0.1) is 0 Å². The van der Waals surface area contributed by atoms with Gasteiger partial charge in [-0.15, -0.1) is 0 Å². The van der Waals surface area contributed by atoms with E-state index in [0.717, 1.165) is 17.2 Å². The van der Waals surface area contributed by atoms with Crippen LogP contribution < -0.4 is 0 Å². The molecule has 0 spiro atoms. The van der Waals surface area contributed by atoms with E-state index < -0.39 is 11.6 Å². The first-order valence-electron chi connectivity index (χ1n) is 5.69. The fourth-order valence-corrected chi connectivity index (χ4v) is 1.46. The summed E-state index contributed by atoms with van der Waals surface area (Å²) in [5.74, 6) is -1.08. The Kier molecular flexibility index (Phi) is 4.83. The second-order valence-electron chi connectivity index (χ2n) is 3.49. The molecular formula is C15H16F2. The number of halogens is 2. The van der Waals surface area contributed by atoms with Crippen LogP contribution in [0.3, 0.4) is 0 Å². The van der Waals surface area contributed by atoms with Crippen LogP contribution in [0.15, 0.2) is 42.5 Å². The highest BCUT2D eigenvalue weighted by Crippen LogP contribution is 2.23. The van der Waals surface area contributed by atoms with Crippen LogP contribution in [0.1, 0.15) is 19.4 Å². The second kappa shape index (κ2) is 6.14. The van der Waals surface area contributed by atoms with Crippen LogP contribution in [-0.4, -0.2) is 0 Å². The second-order valence-corrected chi connectivity index (χ2v) is 3.49. The molecule has 0 N–H and O–H groups in total. The van der Waals surface area contributed by atoms with Gasteiger partial charge in [-0.1, -0.05) is 43.7 Å². The van der Waals surface area contributed by atoms with Gasteiger partial charge in [0.2, 0.25) is 0 Å². The Bertz CT molecular complexity index is 473. The van der Waals surface area contributed by atoms with Crippen LogP contribution in [0, 0.1) is 18.6 Å². The number of hydrogen-bond acceptors (Lipinski definition) is 0. The standard InChI is InChI=1S/C13H10F2.C2H6/c1-9-2-4-10(5-3-9)12-7-6-11(14)8-13(12)15;1-2/h2-8H,1H3;1-2H3. The Labute approximate surface area is 101 Å². The molecule has 0 unspecified atom stereocenters. The summed E-state index contributed by atoms with van der Waals surface area (Å²) in [5, 5.41) is 0. The zero-order valence-corrected chi connectivity index (χ0v) is 10.3. The van der Waals surface area contributed by atoms with Gasteiger partial charge in [0.25, 0.3) is 0 Å². The predicted octanol–water partition coefficient (Wildman–Crippen LogP) is 4.97. The molecule has 0 amide bonds. The molecule has 0 heterocycles. The lowest BCUT2D eigenvalue weighted by Gasteiger charge is -2.03. The molecule has 0 aliphatic rings. The molecule has 0 saturated heterocycles. The molecule has 0 saturated carbocycles. The molecule has 0 bridgehead atoms. The summed E-state index contributed by atoms with van der Waals surface area (Å²) in [6.07, 6.45) is 0. The minimum absolute atomic E-state index is 0.427. The van der Waals surface area contributed by atoms with Crippen molar-refractivity contribution in [1.29, 1.82) is 0 Å². The minimum Gasteiger partial charge on any atom is -0.207 e. The highest BCUT2D eigenvalue weighted by molar-refractivity contribution is 5.64. The highest BCUT2D eigenvalue weighted by atomic mass is 19.1. The Morgan fingerprint density at radius 3 is 1.94 bits per heavy atom. The maximum Gasteiger partial charge on any atom is 0.133 e. The van der Waals surface area contributed by atoms with E-state index in [2.05, 4.69) is 0 Å². The molecular weight excluding hydrogens is 218 g/mol. The average molecular weight is 234 g/mol. The summed E-state index contributed by atoms with van der Waals surface area (Å²) in [6.45, 7) is 5.96. The molecule has 0 aromatic heterocycles. The minimum atomic E-state index is -0.552. The maximum absolute atomic E-state index is 13.4. The first-order valence-corrected chi connectivity index (χ1v) is 5.69. The highest BCUT2D eigenvalue weighted by Gasteiger charge is 2.05. The lowest BCUT2D eigenvalue weighted by atomic mass is 10.0. The molecule has 0 fully saturated rings. The van der Waals surface area contributed by atoms with Crippen LogP contribution in [0.5, 0.6) is 0 Å². The molecule has 0 atom stereocenters. The SMILES string of the molecule is CC.Cc1ccc(-c2ccc(F)cc2F)cc1. The van der Waals surface area contributed by atoms with Crippen LogP contribution in [0.25, 0.3) is 11.1 Å². The Morgan fingerprint density at radius 1 is 0.824 bits per heavy atom. The molecule has 2 rings (SSSR count). The molecule has 0 aliphatic carbocycles. The fourth-order valence-electron chi connectivity index (χ4n) is 1.46. The van der Waals surface area contributed by atoms with Crippen LogP contribution in [0.4, 0.5) is 8.78 Å². The van der Waals surface area contributed by atoms with Crippen LogP contribution in [-0.2, 0) is 0 Å². The van der Waals surface area contributed by atoms with Crippen LogP contribution in [0.2, 0.25) is 0 Å². The molecule has 0 aliphatic heterocycles.